The summed E-state index contributed by atoms with van der Waals surface area (Å²) in [6.07, 6.45) is 0. The Kier molecular flexibility index (Phi) is 7.55. The highest BCUT2D eigenvalue weighted by Gasteiger charge is 2.37. The van der Waals surface area contributed by atoms with Crippen LogP contribution in [0.4, 0.5) is 17.1 Å². The average molecular weight is 729 g/mol. The van der Waals surface area contributed by atoms with E-state index in [4.69, 9.17) is 0 Å². The second kappa shape index (κ2) is 13.0. The number of anilines is 3. The Labute approximate surface area is 333 Å². The fourth-order valence-corrected chi connectivity index (χ4v) is 9.65. The molecular weight excluding hydrogens is 689 g/mol. The first-order valence-corrected chi connectivity index (χ1v) is 19.9. The highest BCUT2D eigenvalue weighted by atomic mass is 15.2. The highest BCUT2D eigenvalue weighted by molar-refractivity contribution is 6.10. The first kappa shape index (κ1) is 33.2. The predicted molar refractivity (Wildman–Crippen MR) is 241 cm³/mol. The molecule has 0 unspecified atom stereocenters. The molecule has 270 valence electrons. The molecule has 0 spiro atoms. The van der Waals surface area contributed by atoms with Gasteiger partial charge in [-0.05, 0) is 80.6 Å². The monoisotopic (exact) mass is 728 g/mol. The summed E-state index contributed by atoms with van der Waals surface area (Å²) >= 11 is 0. The second-order valence-corrected chi connectivity index (χ2v) is 15.7. The maximum Gasteiger partial charge on any atom is 0.0702 e. The van der Waals surface area contributed by atoms with Crippen molar-refractivity contribution in [3.63, 3.8) is 0 Å². The molecule has 0 saturated heterocycles. The fraction of sp³-hybridized carbons (Fsp3) is 0.0545. The molecule has 2 heteroatoms. The lowest BCUT2D eigenvalue weighted by Crippen LogP contribution is -2.16. The third-order valence-electron chi connectivity index (χ3n) is 12.2. The normalized spacial score (nSPS) is 12.9. The van der Waals surface area contributed by atoms with E-state index in [9.17, 15) is 0 Å². The van der Waals surface area contributed by atoms with Gasteiger partial charge in [0.15, 0.2) is 0 Å². The van der Waals surface area contributed by atoms with Gasteiger partial charge in [-0.3, -0.25) is 0 Å². The minimum Gasteiger partial charge on any atom is -0.307 e. The lowest BCUT2D eigenvalue weighted by atomic mass is 9.82. The number of fused-ring (bicyclic) bond motifs is 7. The van der Waals surface area contributed by atoms with Crippen LogP contribution in [0.1, 0.15) is 25.0 Å². The van der Waals surface area contributed by atoms with Crippen molar-refractivity contribution < 1.29 is 0 Å². The molecule has 1 aliphatic carbocycles. The van der Waals surface area contributed by atoms with Crippen molar-refractivity contribution >= 4 is 49.6 Å². The van der Waals surface area contributed by atoms with Crippen LogP contribution in [-0.2, 0) is 5.41 Å². The summed E-state index contributed by atoms with van der Waals surface area (Å²) in [5, 5.41) is 4.94. The molecule has 0 saturated carbocycles. The number of aromatic nitrogens is 1. The molecule has 1 aromatic heterocycles. The first-order valence-electron chi connectivity index (χ1n) is 19.9. The Morgan fingerprint density at radius 2 is 0.807 bits per heavy atom. The van der Waals surface area contributed by atoms with Crippen LogP contribution in [0.2, 0.25) is 0 Å². The molecule has 1 heterocycles. The van der Waals surface area contributed by atoms with E-state index in [-0.39, 0.29) is 5.41 Å². The van der Waals surface area contributed by atoms with Crippen molar-refractivity contribution in [2.24, 2.45) is 0 Å². The Balaban J connectivity index is 1.24. The molecule has 11 rings (SSSR count). The van der Waals surface area contributed by atoms with Crippen LogP contribution in [0.25, 0.3) is 71.6 Å². The van der Waals surface area contributed by atoms with Crippen molar-refractivity contribution in [1.29, 1.82) is 0 Å². The zero-order valence-corrected chi connectivity index (χ0v) is 32.0. The van der Waals surface area contributed by atoms with Crippen LogP contribution in [0.5, 0.6) is 0 Å². The predicted octanol–water partition coefficient (Wildman–Crippen LogP) is 15.0. The van der Waals surface area contributed by atoms with Gasteiger partial charge in [-0.2, -0.15) is 0 Å². The largest absolute Gasteiger partial charge is 0.307 e. The third kappa shape index (κ3) is 5.04. The van der Waals surface area contributed by atoms with Gasteiger partial charge in [0.25, 0.3) is 0 Å². The van der Waals surface area contributed by atoms with Gasteiger partial charge < -0.3 is 9.47 Å². The highest BCUT2D eigenvalue weighted by Crippen LogP contribution is 2.55. The summed E-state index contributed by atoms with van der Waals surface area (Å²) in [6.45, 7) is 4.73. The van der Waals surface area contributed by atoms with E-state index in [1.54, 1.807) is 0 Å². The van der Waals surface area contributed by atoms with Gasteiger partial charge in [0.1, 0.15) is 0 Å². The molecule has 0 N–H and O–H groups in total. The molecular formula is C55H40N2. The fourth-order valence-electron chi connectivity index (χ4n) is 9.65. The lowest BCUT2D eigenvalue weighted by Gasteiger charge is -2.32. The zero-order valence-electron chi connectivity index (χ0n) is 32.0. The summed E-state index contributed by atoms with van der Waals surface area (Å²) < 4.78 is 2.45. The molecule has 2 nitrogen and oxygen atoms in total. The molecule has 0 amide bonds. The maximum atomic E-state index is 2.52. The Bertz CT molecular complexity index is 3120. The van der Waals surface area contributed by atoms with Crippen molar-refractivity contribution in [3.8, 4) is 39.1 Å². The third-order valence-corrected chi connectivity index (χ3v) is 12.2. The summed E-state index contributed by atoms with van der Waals surface area (Å²) in [6, 6.07) is 75.7. The lowest BCUT2D eigenvalue weighted by molar-refractivity contribution is 0.660. The summed E-state index contributed by atoms with van der Waals surface area (Å²) in [5.74, 6) is 0. The van der Waals surface area contributed by atoms with Gasteiger partial charge in [0.2, 0.25) is 0 Å². The van der Waals surface area contributed by atoms with Gasteiger partial charge in [-0.1, -0.05) is 184 Å². The molecule has 57 heavy (non-hydrogen) atoms. The van der Waals surface area contributed by atoms with Crippen LogP contribution in [-0.4, -0.2) is 4.57 Å². The SMILES string of the molecule is CC1(C)c2ccccc2-c2c(-c3ccccc3N(c3ccccc3-c3cccc4ccccc34)c3ccccc3-n3c4ccccc4c4ccccc43)cccc21. The number of hydrogen-bond donors (Lipinski definition) is 0. The molecule has 0 fully saturated rings. The minimum absolute atomic E-state index is 0.110. The number of nitrogens with zero attached hydrogens (tertiary/aromatic N) is 2. The van der Waals surface area contributed by atoms with Crippen molar-refractivity contribution in [2.45, 2.75) is 19.3 Å². The van der Waals surface area contributed by atoms with Crippen molar-refractivity contribution in [2.75, 3.05) is 4.90 Å². The Morgan fingerprint density at radius 1 is 0.351 bits per heavy atom. The van der Waals surface area contributed by atoms with E-state index in [1.807, 2.05) is 0 Å². The van der Waals surface area contributed by atoms with Crippen LogP contribution in [0.3, 0.4) is 0 Å². The quantitative estimate of drug-likeness (QED) is 0.165. The Hall–Kier alpha value is -7.16. The van der Waals surface area contributed by atoms with Crippen molar-refractivity contribution in [1.82, 2.24) is 4.57 Å². The van der Waals surface area contributed by atoms with Crippen LogP contribution >= 0.6 is 0 Å². The summed E-state index contributed by atoms with van der Waals surface area (Å²) in [5.41, 5.74) is 16.9. The van der Waals surface area contributed by atoms with E-state index >= 15 is 0 Å². The minimum atomic E-state index is -0.110. The molecule has 0 radical (unpaired) electrons. The molecule has 0 atom stereocenters. The van der Waals surface area contributed by atoms with E-state index in [1.165, 1.54) is 77.1 Å². The number of para-hydroxylation sites is 6. The van der Waals surface area contributed by atoms with Gasteiger partial charge in [0, 0.05) is 27.3 Å². The smallest absolute Gasteiger partial charge is 0.0702 e. The average Bonchev–Trinajstić information content (AvgIpc) is 3.73. The van der Waals surface area contributed by atoms with E-state index < -0.39 is 0 Å². The van der Waals surface area contributed by atoms with Crippen LogP contribution in [0.15, 0.2) is 206 Å². The first-order chi connectivity index (χ1) is 28.1. The van der Waals surface area contributed by atoms with Crippen molar-refractivity contribution in [3.05, 3.63) is 217 Å². The van der Waals surface area contributed by atoms with E-state index in [2.05, 4.69) is 230 Å². The number of hydrogen-bond acceptors (Lipinski definition) is 1. The van der Waals surface area contributed by atoms with Crippen LogP contribution in [0, 0.1) is 0 Å². The number of rotatable bonds is 6. The van der Waals surface area contributed by atoms with Crippen LogP contribution < -0.4 is 4.90 Å². The summed E-state index contributed by atoms with van der Waals surface area (Å²) in [4.78, 5) is 2.52. The zero-order chi connectivity index (χ0) is 38.1. The standard InChI is InChI=1S/C55H40N2/c1-55(2)46-29-10-5-26-45(46)54-44(28-18-30-47(54)55)43-25-9-14-34-51(43)56(48-31-11-6-22-40(48)39-27-17-20-37-19-3-4-21-38(37)39)52-35-15-16-36-53(52)57-49-32-12-7-23-41(49)42-24-8-13-33-50(42)57/h3-36H,1-2H3. The van der Waals surface area contributed by atoms with Gasteiger partial charge >= 0.3 is 0 Å². The maximum absolute atomic E-state index is 2.52. The second-order valence-electron chi connectivity index (χ2n) is 15.7. The Morgan fingerprint density at radius 3 is 1.53 bits per heavy atom. The number of benzene rings is 9. The van der Waals surface area contributed by atoms with E-state index in [0.717, 1.165) is 22.7 Å². The van der Waals surface area contributed by atoms with Gasteiger partial charge in [-0.25, -0.2) is 0 Å². The topological polar surface area (TPSA) is 8.17 Å². The van der Waals surface area contributed by atoms with Gasteiger partial charge in [-0.15, -0.1) is 0 Å². The van der Waals surface area contributed by atoms with E-state index in [0.29, 0.717) is 0 Å². The molecule has 0 bridgehead atoms. The molecule has 10 aromatic rings. The molecule has 9 aromatic carbocycles. The molecule has 0 aliphatic heterocycles. The molecule has 1 aliphatic rings. The van der Waals surface area contributed by atoms with Gasteiger partial charge in [0.05, 0.1) is 33.8 Å². The summed E-state index contributed by atoms with van der Waals surface area (Å²) in [7, 11) is 0.